The molecule has 4 aromatic rings. The average molecular weight is 384 g/mol. The van der Waals surface area contributed by atoms with Crippen molar-refractivity contribution in [2.75, 3.05) is 6.54 Å². The molecule has 0 fully saturated rings. The van der Waals surface area contributed by atoms with E-state index in [1.165, 1.54) is 0 Å². The monoisotopic (exact) mass is 384 g/mol. The minimum atomic E-state index is -0.00316. The van der Waals surface area contributed by atoms with Crippen molar-refractivity contribution in [1.82, 2.24) is 19.7 Å². The highest BCUT2D eigenvalue weighted by atomic mass is 16.2. The Morgan fingerprint density at radius 2 is 1.69 bits per heavy atom. The molecule has 0 aliphatic rings. The molecule has 4 rings (SSSR count). The fraction of sp³-hybridized carbons (Fsp3) is 0.208. The number of hydrogen-bond acceptors (Lipinski definition) is 3. The van der Waals surface area contributed by atoms with Crippen LogP contribution >= 0.6 is 0 Å². The molecule has 0 radical (unpaired) electrons. The second-order valence-corrected chi connectivity index (χ2v) is 6.92. The van der Waals surface area contributed by atoms with Gasteiger partial charge in [-0.15, -0.1) is 0 Å². The van der Waals surface area contributed by atoms with Crippen LogP contribution in [-0.2, 0) is 13.1 Å². The summed E-state index contributed by atoms with van der Waals surface area (Å²) in [5.41, 5.74) is 4.27. The SMILES string of the molecule is CCN(Cc1ccccc1)C(=O)c1cc(-c2ccccc2)nc2c1cnn2CC. The van der Waals surface area contributed by atoms with Crippen molar-refractivity contribution in [1.29, 1.82) is 0 Å². The van der Waals surface area contributed by atoms with E-state index >= 15 is 0 Å². The third kappa shape index (κ3) is 3.76. The lowest BCUT2D eigenvalue weighted by molar-refractivity contribution is 0.0754. The number of carbonyl (C=O) groups excluding carboxylic acids is 1. The molecular formula is C24H24N4O. The lowest BCUT2D eigenvalue weighted by Gasteiger charge is -2.22. The quantitative estimate of drug-likeness (QED) is 0.481. The number of aromatic nitrogens is 3. The molecule has 0 saturated carbocycles. The molecule has 29 heavy (non-hydrogen) atoms. The number of carbonyl (C=O) groups is 1. The largest absolute Gasteiger partial charge is 0.335 e. The van der Waals surface area contributed by atoms with Crippen LogP contribution in [0.25, 0.3) is 22.3 Å². The Balaban J connectivity index is 1.80. The fourth-order valence-electron chi connectivity index (χ4n) is 3.51. The Kier molecular flexibility index (Phi) is 5.38. The smallest absolute Gasteiger partial charge is 0.255 e. The molecule has 1 amide bonds. The predicted molar refractivity (Wildman–Crippen MR) is 115 cm³/mol. The van der Waals surface area contributed by atoms with E-state index in [-0.39, 0.29) is 5.91 Å². The van der Waals surface area contributed by atoms with Gasteiger partial charge in [0.2, 0.25) is 0 Å². The Morgan fingerprint density at radius 1 is 1.00 bits per heavy atom. The molecule has 0 unspecified atom stereocenters. The third-order valence-corrected chi connectivity index (χ3v) is 5.09. The van der Waals surface area contributed by atoms with E-state index in [9.17, 15) is 4.79 Å². The maximum absolute atomic E-state index is 13.5. The lowest BCUT2D eigenvalue weighted by atomic mass is 10.1. The van der Waals surface area contributed by atoms with Crippen LogP contribution in [0.15, 0.2) is 72.9 Å². The highest BCUT2D eigenvalue weighted by Crippen LogP contribution is 2.26. The van der Waals surface area contributed by atoms with Crippen LogP contribution in [0.1, 0.15) is 29.8 Å². The molecule has 0 aliphatic heterocycles. The Labute approximate surface area is 170 Å². The first kappa shape index (κ1) is 18.9. The normalized spacial score (nSPS) is 11.0. The van der Waals surface area contributed by atoms with Crippen LogP contribution in [-0.4, -0.2) is 32.1 Å². The van der Waals surface area contributed by atoms with Crippen molar-refractivity contribution >= 4 is 16.9 Å². The van der Waals surface area contributed by atoms with E-state index in [4.69, 9.17) is 4.98 Å². The minimum absolute atomic E-state index is 0.00316. The van der Waals surface area contributed by atoms with Gasteiger partial charge in [0.1, 0.15) is 0 Å². The van der Waals surface area contributed by atoms with Gasteiger partial charge in [-0.2, -0.15) is 5.10 Å². The van der Waals surface area contributed by atoms with Gasteiger partial charge in [0.05, 0.1) is 22.8 Å². The zero-order chi connectivity index (χ0) is 20.2. The van der Waals surface area contributed by atoms with E-state index in [1.54, 1.807) is 6.20 Å². The van der Waals surface area contributed by atoms with Gasteiger partial charge < -0.3 is 4.90 Å². The number of rotatable bonds is 6. The zero-order valence-electron chi connectivity index (χ0n) is 16.7. The van der Waals surface area contributed by atoms with Crippen molar-refractivity contribution in [2.45, 2.75) is 26.9 Å². The molecule has 0 aliphatic carbocycles. The molecule has 0 spiro atoms. The first-order valence-electron chi connectivity index (χ1n) is 9.96. The van der Waals surface area contributed by atoms with Crippen LogP contribution in [0.3, 0.4) is 0 Å². The molecule has 5 heteroatoms. The second kappa shape index (κ2) is 8.27. The van der Waals surface area contributed by atoms with E-state index in [2.05, 4.69) is 5.10 Å². The van der Waals surface area contributed by atoms with Gasteiger partial charge in [-0.05, 0) is 25.5 Å². The topological polar surface area (TPSA) is 51.0 Å². The maximum atomic E-state index is 13.5. The molecule has 0 atom stereocenters. The molecule has 2 aromatic carbocycles. The minimum Gasteiger partial charge on any atom is -0.335 e. The summed E-state index contributed by atoms with van der Waals surface area (Å²) >= 11 is 0. The van der Waals surface area contributed by atoms with E-state index in [0.717, 1.165) is 27.9 Å². The number of amides is 1. The Hall–Kier alpha value is -3.47. The number of hydrogen-bond donors (Lipinski definition) is 0. The maximum Gasteiger partial charge on any atom is 0.255 e. The summed E-state index contributed by atoms with van der Waals surface area (Å²) in [6.45, 7) is 5.93. The second-order valence-electron chi connectivity index (χ2n) is 6.92. The van der Waals surface area contributed by atoms with Gasteiger partial charge in [-0.3, -0.25) is 4.79 Å². The predicted octanol–water partition coefficient (Wildman–Crippen LogP) is 4.78. The van der Waals surface area contributed by atoms with Gasteiger partial charge in [0.15, 0.2) is 5.65 Å². The molecule has 146 valence electrons. The summed E-state index contributed by atoms with van der Waals surface area (Å²) in [5, 5.41) is 5.24. The van der Waals surface area contributed by atoms with Gasteiger partial charge in [-0.1, -0.05) is 60.7 Å². The summed E-state index contributed by atoms with van der Waals surface area (Å²) in [7, 11) is 0. The van der Waals surface area contributed by atoms with Gasteiger partial charge in [-0.25, -0.2) is 9.67 Å². The summed E-state index contributed by atoms with van der Waals surface area (Å²) in [5.74, 6) is -0.00316. The van der Waals surface area contributed by atoms with Crippen molar-refractivity contribution in [3.05, 3.63) is 84.1 Å². The van der Waals surface area contributed by atoms with Crippen molar-refractivity contribution in [3.8, 4) is 11.3 Å². The fourth-order valence-corrected chi connectivity index (χ4v) is 3.51. The molecule has 0 bridgehead atoms. The molecule has 5 nitrogen and oxygen atoms in total. The highest BCUT2D eigenvalue weighted by Gasteiger charge is 2.21. The third-order valence-electron chi connectivity index (χ3n) is 5.09. The van der Waals surface area contributed by atoms with Crippen LogP contribution in [0, 0.1) is 0 Å². The zero-order valence-corrected chi connectivity index (χ0v) is 16.7. The standard InChI is InChI=1S/C24H24N4O/c1-3-27(17-18-11-7-5-8-12-18)24(29)20-15-22(19-13-9-6-10-14-19)26-23-21(20)16-25-28(23)4-2/h5-16H,3-4,17H2,1-2H3. The summed E-state index contributed by atoms with van der Waals surface area (Å²) in [4.78, 5) is 20.2. The van der Waals surface area contributed by atoms with Gasteiger partial charge in [0, 0.05) is 25.2 Å². The van der Waals surface area contributed by atoms with Gasteiger partial charge in [0.25, 0.3) is 5.91 Å². The molecule has 0 saturated heterocycles. The Bertz CT molecular complexity index is 1120. The summed E-state index contributed by atoms with van der Waals surface area (Å²) < 4.78 is 1.84. The number of nitrogens with zero attached hydrogens (tertiary/aromatic N) is 4. The molecular weight excluding hydrogens is 360 g/mol. The van der Waals surface area contributed by atoms with E-state index in [1.807, 2.05) is 90.2 Å². The van der Waals surface area contributed by atoms with Crippen LogP contribution in [0.5, 0.6) is 0 Å². The van der Waals surface area contributed by atoms with E-state index in [0.29, 0.717) is 25.2 Å². The average Bonchev–Trinajstić information content (AvgIpc) is 3.21. The van der Waals surface area contributed by atoms with Crippen LogP contribution in [0.4, 0.5) is 0 Å². The number of fused-ring (bicyclic) bond motifs is 1. The lowest BCUT2D eigenvalue weighted by Crippen LogP contribution is -2.30. The number of pyridine rings is 1. The van der Waals surface area contributed by atoms with E-state index < -0.39 is 0 Å². The molecule has 0 N–H and O–H groups in total. The van der Waals surface area contributed by atoms with Crippen molar-refractivity contribution in [3.63, 3.8) is 0 Å². The van der Waals surface area contributed by atoms with Crippen LogP contribution < -0.4 is 0 Å². The Morgan fingerprint density at radius 3 is 2.34 bits per heavy atom. The van der Waals surface area contributed by atoms with Crippen molar-refractivity contribution < 1.29 is 4.79 Å². The number of benzene rings is 2. The summed E-state index contributed by atoms with van der Waals surface area (Å²) in [6.07, 6.45) is 1.75. The van der Waals surface area contributed by atoms with Gasteiger partial charge >= 0.3 is 0 Å². The molecule has 2 heterocycles. The van der Waals surface area contributed by atoms with Crippen molar-refractivity contribution in [2.24, 2.45) is 0 Å². The first-order chi connectivity index (χ1) is 14.2. The highest BCUT2D eigenvalue weighted by molar-refractivity contribution is 6.06. The molecule has 2 aromatic heterocycles. The summed E-state index contributed by atoms with van der Waals surface area (Å²) in [6, 6.07) is 21.9. The first-order valence-corrected chi connectivity index (χ1v) is 9.96. The number of aryl methyl sites for hydroxylation is 1. The van der Waals surface area contributed by atoms with Crippen LogP contribution in [0.2, 0.25) is 0 Å².